The molecule has 0 unspecified atom stereocenters. The Labute approximate surface area is 132 Å². The van der Waals surface area contributed by atoms with Crippen molar-refractivity contribution in [1.82, 2.24) is 9.88 Å². The summed E-state index contributed by atoms with van der Waals surface area (Å²) in [5.41, 5.74) is 6.71. The van der Waals surface area contributed by atoms with Crippen molar-refractivity contribution < 1.29 is 9.59 Å². The number of likely N-dealkylation sites (tertiary alicyclic amines) is 1. The number of primary amides is 1. The monoisotopic (exact) mass is 315 g/mol. The molecule has 0 bridgehead atoms. The molecule has 6 heteroatoms. The van der Waals surface area contributed by atoms with Crippen LogP contribution in [0.1, 0.15) is 38.7 Å². The third kappa shape index (κ3) is 2.87. The molecule has 1 aromatic carbocycles. The number of rotatable bonds is 3. The van der Waals surface area contributed by atoms with E-state index in [-0.39, 0.29) is 10.9 Å². The molecule has 1 saturated heterocycles. The van der Waals surface area contributed by atoms with Crippen LogP contribution in [0.4, 0.5) is 0 Å². The Kier molecular flexibility index (Phi) is 4.20. The van der Waals surface area contributed by atoms with Crippen LogP contribution < -0.4 is 5.73 Å². The highest BCUT2D eigenvalue weighted by atomic mass is 32.1. The minimum absolute atomic E-state index is 0.0523. The van der Waals surface area contributed by atoms with E-state index in [2.05, 4.69) is 4.98 Å². The molecule has 1 aromatic heterocycles. The summed E-state index contributed by atoms with van der Waals surface area (Å²) < 4.78 is 0. The number of amides is 2. The number of nitrogens with zero attached hydrogens (tertiary/aromatic N) is 2. The summed E-state index contributed by atoms with van der Waals surface area (Å²) in [6, 6.07) is 9.43. The minimum atomic E-state index is -0.597. The van der Waals surface area contributed by atoms with E-state index in [1.54, 1.807) is 0 Å². The van der Waals surface area contributed by atoms with Gasteiger partial charge in [-0.25, -0.2) is 4.98 Å². The van der Waals surface area contributed by atoms with Crippen molar-refractivity contribution in [3.8, 4) is 11.3 Å². The lowest BCUT2D eigenvalue weighted by atomic mass is 10.1. The smallest absolute Gasteiger partial charge is 0.277 e. The standard InChI is InChI=1S/C16H17N3O2S/c17-14(20)15-18-12(11-7-3-1-4-8-11)13(22-15)16(21)19-9-5-2-6-10-19/h1,3-4,7-8H,2,5-6,9-10H2,(H2,17,20). The van der Waals surface area contributed by atoms with Crippen molar-refractivity contribution in [3.63, 3.8) is 0 Å². The largest absolute Gasteiger partial charge is 0.364 e. The van der Waals surface area contributed by atoms with E-state index in [1.165, 1.54) is 0 Å². The van der Waals surface area contributed by atoms with E-state index in [0.717, 1.165) is 49.3 Å². The fourth-order valence-electron chi connectivity index (χ4n) is 2.60. The van der Waals surface area contributed by atoms with Gasteiger partial charge >= 0.3 is 0 Å². The summed E-state index contributed by atoms with van der Waals surface area (Å²) in [4.78, 5) is 30.9. The van der Waals surface area contributed by atoms with E-state index >= 15 is 0 Å². The lowest BCUT2D eigenvalue weighted by molar-refractivity contribution is 0.0729. The number of benzene rings is 1. The summed E-state index contributed by atoms with van der Waals surface area (Å²) in [7, 11) is 0. The Balaban J connectivity index is 2.01. The normalized spacial score (nSPS) is 14.8. The van der Waals surface area contributed by atoms with Crippen LogP contribution in [0, 0.1) is 0 Å². The maximum Gasteiger partial charge on any atom is 0.277 e. The number of hydrogen-bond donors (Lipinski definition) is 1. The highest BCUT2D eigenvalue weighted by Gasteiger charge is 2.26. The van der Waals surface area contributed by atoms with Crippen LogP contribution in [0.3, 0.4) is 0 Å². The molecule has 1 aliphatic rings. The van der Waals surface area contributed by atoms with Crippen LogP contribution in [0.5, 0.6) is 0 Å². The van der Waals surface area contributed by atoms with Gasteiger partial charge in [-0.3, -0.25) is 9.59 Å². The molecule has 2 amide bonds. The number of thiazole rings is 1. The molecule has 0 spiro atoms. The second-order valence-electron chi connectivity index (χ2n) is 5.28. The van der Waals surface area contributed by atoms with E-state index in [0.29, 0.717) is 10.6 Å². The Morgan fingerprint density at radius 3 is 2.41 bits per heavy atom. The number of carbonyl (C=O) groups excluding carboxylic acids is 2. The van der Waals surface area contributed by atoms with E-state index in [4.69, 9.17) is 5.73 Å². The maximum atomic E-state index is 12.8. The predicted octanol–water partition coefficient (Wildman–Crippen LogP) is 2.54. The van der Waals surface area contributed by atoms with Crippen LogP contribution in [0.2, 0.25) is 0 Å². The summed E-state index contributed by atoms with van der Waals surface area (Å²) >= 11 is 1.09. The van der Waals surface area contributed by atoms with Gasteiger partial charge in [-0.2, -0.15) is 0 Å². The molecule has 0 radical (unpaired) electrons. The first-order valence-corrected chi connectivity index (χ1v) is 8.14. The second-order valence-corrected chi connectivity index (χ2v) is 6.28. The number of nitrogens with two attached hydrogens (primary N) is 1. The predicted molar refractivity (Wildman–Crippen MR) is 85.8 cm³/mol. The van der Waals surface area contributed by atoms with E-state index in [1.807, 2.05) is 35.2 Å². The Hall–Kier alpha value is -2.21. The molecule has 2 N–H and O–H groups in total. The summed E-state index contributed by atoms with van der Waals surface area (Å²) in [6.45, 7) is 1.52. The van der Waals surface area contributed by atoms with Gasteiger partial charge in [0.25, 0.3) is 11.8 Å². The van der Waals surface area contributed by atoms with Gasteiger partial charge in [0.15, 0.2) is 5.01 Å². The first-order chi connectivity index (χ1) is 10.7. The van der Waals surface area contributed by atoms with Gasteiger partial charge in [0, 0.05) is 18.7 Å². The molecule has 0 saturated carbocycles. The summed E-state index contributed by atoms with van der Waals surface area (Å²) in [5, 5.41) is 0.180. The zero-order chi connectivity index (χ0) is 15.5. The third-order valence-corrected chi connectivity index (χ3v) is 4.78. The van der Waals surface area contributed by atoms with Crippen LogP contribution in [0.15, 0.2) is 30.3 Å². The molecule has 0 atom stereocenters. The van der Waals surface area contributed by atoms with Gasteiger partial charge in [-0.05, 0) is 19.3 Å². The molecule has 2 aromatic rings. The topological polar surface area (TPSA) is 76.3 Å². The van der Waals surface area contributed by atoms with Crippen molar-refractivity contribution in [2.75, 3.05) is 13.1 Å². The van der Waals surface area contributed by atoms with Gasteiger partial charge in [0.1, 0.15) is 4.88 Å². The Morgan fingerprint density at radius 2 is 1.77 bits per heavy atom. The molecule has 0 aliphatic carbocycles. The third-order valence-electron chi connectivity index (χ3n) is 3.72. The van der Waals surface area contributed by atoms with E-state index in [9.17, 15) is 9.59 Å². The fourth-order valence-corrected chi connectivity index (χ4v) is 3.51. The van der Waals surface area contributed by atoms with Crippen LogP contribution in [-0.4, -0.2) is 34.8 Å². The molecule has 1 fully saturated rings. The molecule has 2 heterocycles. The highest BCUT2D eigenvalue weighted by molar-refractivity contribution is 7.16. The lowest BCUT2D eigenvalue weighted by Crippen LogP contribution is -2.35. The van der Waals surface area contributed by atoms with Gasteiger partial charge in [-0.1, -0.05) is 30.3 Å². The fraction of sp³-hybridized carbons (Fsp3) is 0.312. The zero-order valence-electron chi connectivity index (χ0n) is 12.1. The summed E-state index contributed by atoms with van der Waals surface area (Å²) in [5.74, 6) is -0.650. The van der Waals surface area contributed by atoms with Crippen molar-refractivity contribution in [3.05, 3.63) is 40.2 Å². The second kappa shape index (κ2) is 6.27. The van der Waals surface area contributed by atoms with Crippen molar-refractivity contribution >= 4 is 23.2 Å². The average molecular weight is 315 g/mol. The average Bonchev–Trinajstić information content (AvgIpc) is 3.01. The SMILES string of the molecule is NC(=O)c1nc(-c2ccccc2)c(C(=O)N2CCCCC2)s1. The van der Waals surface area contributed by atoms with Crippen LogP contribution in [0.25, 0.3) is 11.3 Å². The van der Waals surface area contributed by atoms with E-state index < -0.39 is 5.91 Å². The number of piperidine rings is 1. The lowest BCUT2D eigenvalue weighted by Gasteiger charge is -2.26. The molecule has 5 nitrogen and oxygen atoms in total. The quantitative estimate of drug-likeness (QED) is 0.945. The number of carbonyl (C=O) groups is 2. The Bertz CT molecular complexity index is 691. The first-order valence-electron chi connectivity index (χ1n) is 7.32. The highest BCUT2D eigenvalue weighted by Crippen LogP contribution is 2.30. The molecular weight excluding hydrogens is 298 g/mol. The molecule has 3 rings (SSSR count). The van der Waals surface area contributed by atoms with Gasteiger partial charge in [0.2, 0.25) is 0 Å². The van der Waals surface area contributed by atoms with Gasteiger partial charge in [0.05, 0.1) is 5.69 Å². The maximum absolute atomic E-state index is 12.8. The molecule has 22 heavy (non-hydrogen) atoms. The number of hydrogen-bond acceptors (Lipinski definition) is 4. The van der Waals surface area contributed by atoms with Crippen molar-refractivity contribution in [2.24, 2.45) is 5.73 Å². The van der Waals surface area contributed by atoms with Crippen LogP contribution >= 0.6 is 11.3 Å². The summed E-state index contributed by atoms with van der Waals surface area (Å²) in [6.07, 6.45) is 3.20. The minimum Gasteiger partial charge on any atom is -0.364 e. The molecular formula is C16H17N3O2S. The van der Waals surface area contributed by atoms with Crippen molar-refractivity contribution in [2.45, 2.75) is 19.3 Å². The van der Waals surface area contributed by atoms with Gasteiger partial charge < -0.3 is 10.6 Å². The first kappa shape index (κ1) is 14.7. The molecule has 1 aliphatic heterocycles. The van der Waals surface area contributed by atoms with Crippen molar-refractivity contribution in [1.29, 1.82) is 0 Å². The van der Waals surface area contributed by atoms with Gasteiger partial charge in [-0.15, -0.1) is 11.3 Å². The Morgan fingerprint density at radius 1 is 1.09 bits per heavy atom. The zero-order valence-corrected chi connectivity index (χ0v) is 12.9. The number of aromatic nitrogens is 1. The molecule has 114 valence electrons. The van der Waals surface area contributed by atoms with Crippen LogP contribution in [-0.2, 0) is 0 Å².